The average Bonchev–Trinajstić information content (AvgIpc) is 2.40. The minimum Gasteiger partial charge on any atom is -0.284 e. The maximum Gasteiger partial charge on any atom is 0.247 e. The zero-order chi connectivity index (χ0) is 14.9. The summed E-state index contributed by atoms with van der Waals surface area (Å²) in [7, 11) is -2.47. The molecule has 1 saturated heterocycles. The predicted molar refractivity (Wildman–Crippen MR) is 75.3 cm³/mol. The molecule has 1 N–H and O–H groups in total. The van der Waals surface area contributed by atoms with Crippen molar-refractivity contribution in [3.05, 3.63) is 28.7 Å². The molecule has 2 rings (SSSR count). The molecule has 6 nitrogen and oxygen atoms in total. The summed E-state index contributed by atoms with van der Waals surface area (Å²) < 4.78 is 27.3. The van der Waals surface area contributed by atoms with Crippen LogP contribution in [0.1, 0.15) is 12.8 Å². The second-order valence-electron chi connectivity index (χ2n) is 4.43. The topological polar surface area (TPSA) is 83.6 Å². The highest BCUT2D eigenvalue weighted by molar-refractivity contribution is 9.10. The van der Waals surface area contributed by atoms with Crippen LogP contribution in [-0.4, -0.2) is 38.2 Å². The maximum atomic E-state index is 12.3. The molecule has 1 heterocycles. The Kier molecular flexibility index (Phi) is 4.26. The fraction of sp³-hybridized carbons (Fsp3) is 0.333. The number of halogens is 1. The van der Waals surface area contributed by atoms with Gasteiger partial charge in [0, 0.05) is 17.9 Å². The Hall–Kier alpha value is -1.25. The van der Waals surface area contributed by atoms with E-state index < -0.39 is 22.0 Å². The van der Waals surface area contributed by atoms with E-state index in [0.717, 1.165) is 4.90 Å². The van der Waals surface area contributed by atoms with Gasteiger partial charge in [-0.2, -0.15) is 4.72 Å². The Balaban J connectivity index is 2.24. The van der Waals surface area contributed by atoms with Crippen molar-refractivity contribution < 1.29 is 18.0 Å². The van der Waals surface area contributed by atoms with Crippen molar-refractivity contribution in [1.82, 2.24) is 9.62 Å². The fourth-order valence-electron chi connectivity index (χ4n) is 1.94. The van der Waals surface area contributed by atoms with E-state index in [4.69, 9.17) is 0 Å². The fourth-order valence-corrected chi connectivity index (χ4v) is 4.17. The number of imide groups is 1. The summed E-state index contributed by atoms with van der Waals surface area (Å²) in [4.78, 5) is 24.3. The Morgan fingerprint density at radius 3 is 2.60 bits per heavy atom. The van der Waals surface area contributed by atoms with Gasteiger partial charge in [0.2, 0.25) is 21.8 Å². The van der Waals surface area contributed by atoms with Crippen LogP contribution in [-0.2, 0) is 19.6 Å². The molecule has 0 bridgehead atoms. The minimum atomic E-state index is -3.82. The van der Waals surface area contributed by atoms with Crippen LogP contribution in [0.2, 0.25) is 0 Å². The van der Waals surface area contributed by atoms with E-state index in [-0.39, 0.29) is 23.6 Å². The molecule has 1 atom stereocenters. The molecule has 1 aromatic rings. The van der Waals surface area contributed by atoms with Crippen molar-refractivity contribution in [3.63, 3.8) is 0 Å². The molecule has 0 spiro atoms. The summed E-state index contributed by atoms with van der Waals surface area (Å²) in [6.45, 7) is 0. The smallest absolute Gasteiger partial charge is 0.247 e. The quantitative estimate of drug-likeness (QED) is 0.810. The number of carbonyl (C=O) groups excluding carboxylic acids is 2. The van der Waals surface area contributed by atoms with E-state index in [1.54, 1.807) is 18.2 Å². The normalized spacial score (nSPS) is 20.3. The first-order valence-corrected chi connectivity index (χ1v) is 8.18. The van der Waals surface area contributed by atoms with Crippen molar-refractivity contribution in [2.75, 3.05) is 7.05 Å². The van der Waals surface area contributed by atoms with E-state index in [1.165, 1.54) is 13.1 Å². The van der Waals surface area contributed by atoms with Crippen LogP contribution in [0.15, 0.2) is 33.6 Å². The third-order valence-corrected chi connectivity index (χ3v) is 5.56. The zero-order valence-corrected chi connectivity index (χ0v) is 13.1. The van der Waals surface area contributed by atoms with Crippen LogP contribution in [0.3, 0.4) is 0 Å². The van der Waals surface area contributed by atoms with Crippen molar-refractivity contribution in [3.8, 4) is 0 Å². The Labute approximate surface area is 125 Å². The number of amides is 2. The van der Waals surface area contributed by atoms with Crippen LogP contribution in [0.5, 0.6) is 0 Å². The van der Waals surface area contributed by atoms with E-state index in [0.29, 0.717) is 4.47 Å². The lowest BCUT2D eigenvalue weighted by Gasteiger charge is -2.28. The van der Waals surface area contributed by atoms with Crippen LogP contribution >= 0.6 is 15.9 Å². The van der Waals surface area contributed by atoms with Gasteiger partial charge in [0.1, 0.15) is 6.04 Å². The number of nitrogens with one attached hydrogen (secondary N) is 1. The second-order valence-corrected chi connectivity index (χ2v) is 6.97. The van der Waals surface area contributed by atoms with Gasteiger partial charge in [-0.3, -0.25) is 14.5 Å². The van der Waals surface area contributed by atoms with Crippen molar-refractivity contribution in [2.45, 2.75) is 23.8 Å². The molecule has 0 aliphatic carbocycles. The Bertz CT molecular complexity index is 659. The van der Waals surface area contributed by atoms with Gasteiger partial charge in [-0.15, -0.1) is 0 Å². The number of hydrogen-bond donors (Lipinski definition) is 1. The molecule has 8 heteroatoms. The summed E-state index contributed by atoms with van der Waals surface area (Å²) in [5.74, 6) is -0.830. The van der Waals surface area contributed by atoms with Crippen molar-refractivity contribution >= 4 is 37.8 Å². The van der Waals surface area contributed by atoms with E-state index in [1.807, 2.05) is 0 Å². The van der Waals surface area contributed by atoms with Crippen LogP contribution in [0.4, 0.5) is 0 Å². The number of rotatable bonds is 3. The third kappa shape index (κ3) is 2.92. The first kappa shape index (κ1) is 15.1. The first-order valence-electron chi connectivity index (χ1n) is 5.90. The Morgan fingerprint density at radius 1 is 1.30 bits per heavy atom. The van der Waals surface area contributed by atoms with Crippen molar-refractivity contribution in [1.29, 1.82) is 0 Å². The average molecular weight is 361 g/mol. The summed E-state index contributed by atoms with van der Waals surface area (Å²) in [6.07, 6.45) is 0.317. The molecule has 1 aliphatic rings. The molecule has 0 saturated carbocycles. The van der Waals surface area contributed by atoms with Crippen LogP contribution < -0.4 is 4.72 Å². The van der Waals surface area contributed by atoms with Gasteiger partial charge >= 0.3 is 0 Å². The van der Waals surface area contributed by atoms with Crippen LogP contribution in [0, 0.1) is 0 Å². The highest BCUT2D eigenvalue weighted by Gasteiger charge is 2.35. The number of sulfonamides is 1. The lowest BCUT2D eigenvalue weighted by molar-refractivity contribution is -0.147. The predicted octanol–water partition coefficient (Wildman–Crippen LogP) is 0.875. The molecule has 1 fully saturated rings. The van der Waals surface area contributed by atoms with Gasteiger partial charge in [-0.25, -0.2) is 8.42 Å². The summed E-state index contributed by atoms with van der Waals surface area (Å²) in [5, 5.41) is 0. The zero-order valence-electron chi connectivity index (χ0n) is 10.7. The summed E-state index contributed by atoms with van der Waals surface area (Å²) in [6, 6.07) is 5.43. The van der Waals surface area contributed by atoms with E-state index in [9.17, 15) is 18.0 Å². The summed E-state index contributed by atoms with van der Waals surface area (Å²) in [5.41, 5.74) is 0. The minimum absolute atomic E-state index is 0.0624. The largest absolute Gasteiger partial charge is 0.284 e. The van der Waals surface area contributed by atoms with Gasteiger partial charge in [-0.05, 0) is 34.5 Å². The number of piperidine rings is 1. The molecule has 2 amide bonds. The van der Waals surface area contributed by atoms with Gasteiger partial charge in [-0.1, -0.05) is 12.1 Å². The highest BCUT2D eigenvalue weighted by Crippen LogP contribution is 2.22. The first-order chi connectivity index (χ1) is 9.33. The maximum absolute atomic E-state index is 12.3. The van der Waals surface area contributed by atoms with Gasteiger partial charge in [0.15, 0.2) is 0 Å². The molecular formula is C12H13BrN2O4S. The van der Waals surface area contributed by atoms with E-state index >= 15 is 0 Å². The molecule has 108 valence electrons. The molecule has 1 aromatic carbocycles. The third-order valence-electron chi connectivity index (χ3n) is 3.07. The molecule has 1 aliphatic heterocycles. The molecule has 20 heavy (non-hydrogen) atoms. The molecular weight excluding hydrogens is 348 g/mol. The van der Waals surface area contributed by atoms with Gasteiger partial charge < -0.3 is 0 Å². The standard InChI is InChI=1S/C12H13BrN2O4S/c1-15-11(16)7-6-9(12(15)17)14-20(18,19)10-5-3-2-4-8(10)13/h2-5,9,14H,6-7H2,1H3. The summed E-state index contributed by atoms with van der Waals surface area (Å²) >= 11 is 3.16. The Morgan fingerprint density at radius 2 is 1.95 bits per heavy atom. The lowest BCUT2D eigenvalue weighted by atomic mass is 10.1. The van der Waals surface area contributed by atoms with Crippen LogP contribution in [0.25, 0.3) is 0 Å². The highest BCUT2D eigenvalue weighted by atomic mass is 79.9. The van der Waals surface area contributed by atoms with Gasteiger partial charge in [0.25, 0.3) is 0 Å². The number of hydrogen-bond acceptors (Lipinski definition) is 4. The second kappa shape index (κ2) is 5.63. The van der Waals surface area contributed by atoms with E-state index in [2.05, 4.69) is 20.7 Å². The molecule has 0 radical (unpaired) electrons. The number of benzene rings is 1. The number of likely N-dealkylation sites (N-methyl/N-ethyl adjacent to an activating group) is 1. The van der Waals surface area contributed by atoms with Gasteiger partial charge in [0.05, 0.1) is 4.90 Å². The number of carbonyl (C=O) groups is 2. The van der Waals surface area contributed by atoms with Crippen molar-refractivity contribution in [2.24, 2.45) is 0 Å². The monoisotopic (exact) mass is 360 g/mol. The molecule has 1 unspecified atom stereocenters. The SMILES string of the molecule is CN1C(=O)CCC(NS(=O)(=O)c2ccccc2Br)C1=O. The number of nitrogens with zero attached hydrogens (tertiary/aromatic N) is 1. The molecule has 0 aromatic heterocycles. The lowest BCUT2D eigenvalue weighted by Crippen LogP contribution is -2.52. The number of likely N-dealkylation sites (tertiary alicyclic amines) is 1.